The highest BCUT2D eigenvalue weighted by molar-refractivity contribution is 7.92. The summed E-state index contributed by atoms with van der Waals surface area (Å²) in [7, 11) is -4.31. The van der Waals surface area contributed by atoms with E-state index in [0.29, 0.717) is 0 Å². The Morgan fingerprint density at radius 2 is 1.50 bits per heavy atom. The van der Waals surface area contributed by atoms with Gasteiger partial charge in [-0.25, -0.2) is 12.8 Å². The summed E-state index contributed by atoms with van der Waals surface area (Å²) in [5.41, 5.74) is 2.58. The minimum atomic E-state index is -4.31. The maximum atomic E-state index is 14.4. The van der Waals surface area contributed by atoms with Crippen molar-refractivity contribution in [1.82, 2.24) is 10.2 Å². The van der Waals surface area contributed by atoms with E-state index >= 15 is 0 Å². The van der Waals surface area contributed by atoms with Crippen LogP contribution in [0.15, 0.2) is 108 Å². The van der Waals surface area contributed by atoms with Gasteiger partial charge in [-0.05, 0) is 62.2 Å². The summed E-state index contributed by atoms with van der Waals surface area (Å²) in [6.07, 6.45) is 0.199. The van der Waals surface area contributed by atoms with Crippen LogP contribution in [-0.4, -0.2) is 43.8 Å². The maximum absolute atomic E-state index is 14.4. The van der Waals surface area contributed by atoms with E-state index in [1.54, 1.807) is 18.2 Å². The van der Waals surface area contributed by atoms with E-state index in [9.17, 15) is 22.4 Å². The summed E-state index contributed by atoms with van der Waals surface area (Å²) in [5, 5.41) is 2.63. The number of hydrogen-bond acceptors (Lipinski definition) is 4. The lowest BCUT2D eigenvalue weighted by Gasteiger charge is -2.34. The topological polar surface area (TPSA) is 86.8 Å². The number of nitrogens with one attached hydrogen (secondary N) is 1. The van der Waals surface area contributed by atoms with Gasteiger partial charge < -0.3 is 10.2 Å². The molecule has 1 atom stereocenters. The predicted octanol–water partition coefficient (Wildman–Crippen LogP) is 6.15. The molecule has 0 radical (unpaired) electrons. The van der Waals surface area contributed by atoms with Gasteiger partial charge in [-0.15, -0.1) is 0 Å². The van der Waals surface area contributed by atoms with Gasteiger partial charge in [-0.2, -0.15) is 0 Å². The summed E-state index contributed by atoms with van der Waals surface area (Å²) >= 11 is 6.06. The molecule has 0 aliphatic rings. The molecule has 0 aliphatic heterocycles. The average Bonchev–Trinajstić information content (AvgIpc) is 2.99. The minimum absolute atomic E-state index is 0.00958. The van der Waals surface area contributed by atoms with E-state index in [4.69, 9.17) is 11.6 Å². The van der Waals surface area contributed by atoms with Crippen molar-refractivity contribution in [3.63, 3.8) is 0 Å². The van der Waals surface area contributed by atoms with E-state index in [1.165, 1.54) is 29.2 Å². The zero-order valence-corrected chi connectivity index (χ0v) is 26.4. The SMILES string of the molecule is Cc1cccc(CN(C(=O)CN(c2ccc(F)c(Cl)c2)S(=O)(=O)c2ccccc2)C(Cc2ccccc2)C(=O)NC(C)C)c1. The number of aryl methyl sites for hydroxylation is 1. The number of carbonyl (C=O) groups excluding carboxylic acids is 2. The third kappa shape index (κ3) is 8.24. The van der Waals surface area contributed by atoms with Gasteiger partial charge >= 0.3 is 0 Å². The molecule has 0 saturated heterocycles. The molecule has 0 bridgehead atoms. The zero-order valence-electron chi connectivity index (χ0n) is 24.8. The second-order valence-electron chi connectivity index (χ2n) is 10.8. The molecular weight excluding hydrogens is 601 g/mol. The first-order valence-corrected chi connectivity index (χ1v) is 16.0. The van der Waals surface area contributed by atoms with E-state index < -0.39 is 34.3 Å². The summed E-state index contributed by atoms with van der Waals surface area (Å²) in [6.45, 7) is 4.97. The van der Waals surface area contributed by atoms with Gasteiger partial charge in [0.1, 0.15) is 18.4 Å². The van der Waals surface area contributed by atoms with Crippen molar-refractivity contribution >= 4 is 39.1 Å². The van der Waals surface area contributed by atoms with Crippen LogP contribution in [0.5, 0.6) is 0 Å². The maximum Gasteiger partial charge on any atom is 0.264 e. The van der Waals surface area contributed by atoms with Crippen LogP contribution in [0.25, 0.3) is 0 Å². The van der Waals surface area contributed by atoms with Crippen LogP contribution in [0.3, 0.4) is 0 Å². The van der Waals surface area contributed by atoms with Crippen molar-refractivity contribution < 1.29 is 22.4 Å². The predicted molar refractivity (Wildman–Crippen MR) is 171 cm³/mol. The zero-order chi connectivity index (χ0) is 31.9. The molecule has 0 heterocycles. The molecule has 7 nitrogen and oxygen atoms in total. The van der Waals surface area contributed by atoms with Crippen molar-refractivity contribution in [3.05, 3.63) is 131 Å². The molecule has 0 fully saturated rings. The Hall–Kier alpha value is -4.21. The van der Waals surface area contributed by atoms with Crippen LogP contribution in [0.2, 0.25) is 5.02 Å². The van der Waals surface area contributed by atoms with Gasteiger partial charge in [0.05, 0.1) is 15.6 Å². The number of sulfonamides is 1. The molecule has 44 heavy (non-hydrogen) atoms. The number of hydrogen-bond donors (Lipinski definition) is 1. The number of rotatable bonds is 12. The van der Waals surface area contributed by atoms with Gasteiger partial charge in [-0.3, -0.25) is 13.9 Å². The number of nitrogens with zero attached hydrogens (tertiary/aromatic N) is 2. The summed E-state index contributed by atoms with van der Waals surface area (Å²) in [6, 6.07) is 26.8. The van der Waals surface area contributed by atoms with E-state index in [2.05, 4.69) is 5.32 Å². The first kappa shape index (κ1) is 32.7. The molecule has 4 rings (SSSR count). The summed E-state index contributed by atoms with van der Waals surface area (Å²) in [4.78, 5) is 29.5. The van der Waals surface area contributed by atoms with E-state index in [-0.39, 0.29) is 40.5 Å². The van der Waals surface area contributed by atoms with E-state index in [1.807, 2.05) is 75.4 Å². The van der Waals surface area contributed by atoms with Crippen molar-refractivity contribution in [3.8, 4) is 0 Å². The van der Waals surface area contributed by atoms with Crippen molar-refractivity contribution in [2.24, 2.45) is 0 Å². The highest BCUT2D eigenvalue weighted by atomic mass is 35.5. The minimum Gasteiger partial charge on any atom is -0.352 e. The van der Waals surface area contributed by atoms with Crippen molar-refractivity contribution in [2.75, 3.05) is 10.8 Å². The van der Waals surface area contributed by atoms with Gasteiger partial charge in [0.2, 0.25) is 11.8 Å². The fourth-order valence-corrected chi connectivity index (χ4v) is 6.43. The molecule has 2 amide bonds. The third-order valence-electron chi connectivity index (χ3n) is 6.94. The largest absolute Gasteiger partial charge is 0.352 e. The quantitative estimate of drug-likeness (QED) is 0.202. The van der Waals surface area contributed by atoms with Crippen LogP contribution in [0.4, 0.5) is 10.1 Å². The molecule has 0 saturated carbocycles. The monoisotopic (exact) mass is 635 g/mol. The Bertz CT molecular complexity index is 1700. The molecule has 10 heteroatoms. The van der Waals surface area contributed by atoms with Crippen LogP contribution in [-0.2, 0) is 32.6 Å². The number of benzene rings is 4. The van der Waals surface area contributed by atoms with Gasteiger partial charge in [0.15, 0.2) is 0 Å². The fraction of sp³-hybridized carbons (Fsp3) is 0.235. The number of halogens is 2. The lowest BCUT2D eigenvalue weighted by atomic mass is 10.0. The Morgan fingerprint density at radius 3 is 2.11 bits per heavy atom. The van der Waals surface area contributed by atoms with Crippen LogP contribution < -0.4 is 9.62 Å². The Morgan fingerprint density at radius 1 is 0.864 bits per heavy atom. The number of anilines is 1. The Balaban J connectivity index is 1.82. The number of carbonyl (C=O) groups is 2. The van der Waals surface area contributed by atoms with Crippen LogP contribution >= 0.6 is 11.6 Å². The molecule has 0 aliphatic carbocycles. The van der Waals surface area contributed by atoms with Gasteiger partial charge in [0.25, 0.3) is 10.0 Å². The molecule has 230 valence electrons. The normalized spacial score (nSPS) is 12.0. The third-order valence-corrected chi connectivity index (χ3v) is 9.02. The smallest absolute Gasteiger partial charge is 0.264 e. The lowest BCUT2D eigenvalue weighted by molar-refractivity contribution is -0.140. The molecule has 1 N–H and O–H groups in total. The average molecular weight is 636 g/mol. The summed E-state index contributed by atoms with van der Waals surface area (Å²) in [5.74, 6) is -1.72. The first-order chi connectivity index (χ1) is 21.0. The first-order valence-electron chi connectivity index (χ1n) is 14.2. The second-order valence-corrected chi connectivity index (χ2v) is 13.1. The molecule has 1 unspecified atom stereocenters. The Labute approximate surface area is 263 Å². The molecule has 0 aromatic heterocycles. The van der Waals surface area contributed by atoms with Gasteiger partial charge in [-0.1, -0.05) is 90.0 Å². The number of amides is 2. The molecule has 0 spiro atoms. The second kappa shape index (κ2) is 14.5. The lowest BCUT2D eigenvalue weighted by Crippen LogP contribution is -2.54. The molecule has 4 aromatic rings. The standard InChI is InChI=1S/C34H35ClFN3O4S/c1-24(2)37-34(41)32(20-26-12-6-4-7-13-26)38(22-27-14-10-11-25(3)19-27)33(40)23-39(28-17-18-31(36)30(35)21-28)44(42,43)29-15-8-5-9-16-29/h4-19,21,24,32H,20,22-23H2,1-3H3,(H,37,41). The van der Waals surface area contributed by atoms with Crippen LogP contribution in [0.1, 0.15) is 30.5 Å². The highest BCUT2D eigenvalue weighted by Gasteiger charge is 2.35. The molecular formula is C34H35ClFN3O4S. The van der Waals surface area contributed by atoms with Crippen molar-refractivity contribution in [2.45, 2.75) is 50.7 Å². The fourth-order valence-electron chi connectivity index (χ4n) is 4.83. The van der Waals surface area contributed by atoms with Crippen molar-refractivity contribution in [1.29, 1.82) is 0 Å². The highest BCUT2D eigenvalue weighted by Crippen LogP contribution is 2.28. The van der Waals surface area contributed by atoms with Crippen LogP contribution in [0, 0.1) is 12.7 Å². The van der Waals surface area contributed by atoms with E-state index in [0.717, 1.165) is 27.1 Å². The van der Waals surface area contributed by atoms with Gasteiger partial charge in [0, 0.05) is 19.0 Å². The summed E-state index contributed by atoms with van der Waals surface area (Å²) < 4.78 is 43.0. The molecule has 4 aromatic carbocycles. The Kier molecular flexibility index (Phi) is 10.8.